The fourth-order valence-electron chi connectivity index (χ4n) is 6.62. The van der Waals surface area contributed by atoms with Crippen LogP contribution in [0.2, 0.25) is 0 Å². The summed E-state index contributed by atoms with van der Waals surface area (Å²) in [5, 5.41) is 4.50. The summed E-state index contributed by atoms with van der Waals surface area (Å²) in [4.78, 5) is 17.1. The summed E-state index contributed by atoms with van der Waals surface area (Å²) in [6, 6.07) is 10.5. The molecule has 1 unspecified atom stereocenters. The Morgan fingerprint density at radius 2 is 1.79 bits per heavy atom. The topological polar surface area (TPSA) is 51.2 Å². The smallest absolute Gasteiger partial charge is 0.223 e. The van der Waals surface area contributed by atoms with Gasteiger partial charge in [-0.1, -0.05) is 6.07 Å². The molecule has 4 fully saturated rings. The van der Waals surface area contributed by atoms with Gasteiger partial charge in [-0.3, -0.25) is 9.78 Å². The third-order valence-electron chi connectivity index (χ3n) is 7.94. The van der Waals surface area contributed by atoms with E-state index in [9.17, 15) is 4.79 Å². The molecule has 4 aliphatic rings. The van der Waals surface area contributed by atoms with Crippen LogP contribution in [0.4, 0.5) is 0 Å². The lowest BCUT2D eigenvalue weighted by Crippen LogP contribution is -2.41. The molecule has 1 aromatic carbocycles. The first-order chi connectivity index (χ1) is 13.8. The van der Waals surface area contributed by atoms with E-state index >= 15 is 0 Å². The minimum atomic E-state index is 0.249. The number of benzene rings is 1. The van der Waals surface area contributed by atoms with Gasteiger partial charge in [-0.05, 0) is 92.9 Å². The zero-order valence-corrected chi connectivity index (χ0v) is 16.2. The van der Waals surface area contributed by atoms with E-state index in [1.165, 1.54) is 19.3 Å². The number of carbonyl (C=O) groups is 1. The van der Waals surface area contributed by atoms with Gasteiger partial charge >= 0.3 is 0 Å². The molecule has 6 rings (SSSR count). The van der Waals surface area contributed by atoms with Crippen LogP contribution in [0.5, 0.6) is 5.75 Å². The van der Waals surface area contributed by atoms with Gasteiger partial charge < -0.3 is 10.1 Å². The molecular formula is C24H28N2O2. The van der Waals surface area contributed by atoms with Crippen molar-refractivity contribution in [2.45, 2.75) is 57.1 Å². The van der Waals surface area contributed by atoms with E-state index in [1.807, 2.05) is 24.4 Å². The third kappa shape index (κ3) is 2.80. The van der Waals surface area contributed by atoms with Crippen LogP contribution in [-0.4, -0.2) is 23.0 Å². The van der Waals surface area contributed by atoms with E-state index in [-0.39, 0.29) is 6.10 Å². The Morgan fingerprint density at radius 3 is 2.57 bits per heavy atom. The van der Waals surface area contributed by atoms with Gasteiger partial charge in [0, 0.05) is 23.5 Å². The first kappa shape index (κ1) is 16.8. The second kappa shape index (κ2) is 6.47. The van der Waals surface area contributed by atoms with E-state index in [0.717, 1.165) is 66.0 Å². The predicted molar refractivity (Wildman–Crippen MR) is 108 cm³/mol. The summed E-state index contributed by atoms with van der Waals surface area (Å²) in [6.07, 6.45) is 10.3. The van der Waals surface area contributed by atoms with Gasteiger partial charge in [0.1, 0.15) is 5.75 Å². The number of hydrogen-bond acceptors (Lipinski definition) is 3. The number of nitrogens with zero attached hydrogens (tertiary/aromatic N) is 1. The molecule has 0 radical (unpaired) electrons. The zero-order valence-electron chi connectivity index (χ0n) is 16.2. The van der Waals surface area contributed by atoms with E-state index in [4.69, 9.17) is 4.74 Å². The number of hydrogen-bond donors (Lipinski definition) is 1. The second-order valence-corrected chi connectivity index (χ2v) is 9.47. The summed E-state index contributed by atoms with van der Waals surface area (Å²) < 4.78 is 6.23. The monoisotopic (exact) mass is 376 g/mol. The lowest BCUT2D eigenvalue weighted by molar-refractivity contribution is -0.124. The first-order valence-corrected chi connectivity index (χ1v) is 11.1. The fourth-order valence-corrected chi connectivity index (χ4v) is 6.62. The van der Waals surface area contributed by atoms with Crippen LogP contribution in [0.3, 0.4) is 0 Å². The molecular weight excluding hydrogens is 348 g/mol. The number of aromatic nitrogens is 1. The van der Waals surface area contributed by atoms with Crippen molar-refractivity contribution in [2.24, 2.45) is 29.6 Å². The van der Waals surface area contributed by atoms with Crippen molar-refractivity contribution in [3.63, 3.8) is 0 Å². The molecule has 0 spiro atoms. The van der Waals surface area contributed by atoms with Gasteiger partial charge in [0.25, 0.3) is 0 Å². The molecule has 1 aromatic heterocycles. The molecule has 4 aliphatic carbocycles. The average molecular weight is 377 g/mol. The number of pyridine rings is 1. The Hall–Kier alpha value is -2.10. The zero-order chi connectivity index (χ0) is 18.7. The number of ether oxygens (including phenoxy) is 1. The molecule has 1 heterocycles. The number of carbonyl (C=O) groups excluding carboxylic acids is 1. The molecule has 4 nitrogen and oxygen atoms in total. The van der Waals surface area contributed by atoms with Crippen molar-refractivity contribution < 1.29 is 9.53 Å². The largest absolute Gasteiger partial charge is 0.490 e. The van der Waals surface area contributed by atoms with Gasteiger partial charge in [-0.15, -0.1) is 0 Å². The second-order valence-electron chi connectivity index (χ2n) is 9.47. The van der Waals surface area contributed by atoms with Gasteiger partial charge in [-0.25, -0.2) is 0 Å². The Bertz CT molecular complexity index is 888. The minimum Gasteiger partial charge on any atom is -0.490 e. The summed E-state index contributed by atoms with van der Waals surface area (Å²) in [6.45, 7) is 0. The van der Waals surface area contributed by atoms with Crippen LogP contribution in [0.1, 0.15) is 44.9 Å². The van der Waals surface area contributed by atoms with Crippen LogP contribution in [0.25, 0.3) is 10.9 Å². The van der Waals surface area contributed by atoms with Crippen molar-refractivity contribution >= 4 is 16.8 Å². The standard InChI is InChI=1S/C24H28N2O2/c27-24(23-21-15-3-4-16(12-15)22(21)23)26-17-5-7-18(8-6-17)28-19-9-10-20-14(13-19)2-1-11-25-20/h1-2,9-11,13,15-18,21-23H,3-8,12H2,(H,26,27)/t15-,16+,17?,18?,21+,22-,23?. The molecule has 1 N–H and O–H groups in total. The Labute approximate surface area is 166 Å². The maximum Gasteiger partial charge on any atom is 0.223 e. The van der Waals surface area contributed by atoms with Crippen LogP contribution < -0.4 is 10.1 Å². The van der Waals surface area contributed by atoms with Crippen molar-refractivity contribution in [1.29, 1.82) is 0 Å². The molecule has 0 aliphatic heterocycles. The van der Waals surface area contributed by atoms with Crippen molar-refractivity contribution in [3.05, 3.63) is 36.5 Å². The Balaban J connectivity index is 1.01. The highest BCUT2D eigenvalue weighted by molar-refractivity contribution is 5.83. The molecule has 4 saturated carbocycles. The lowest BCUT2D eigenvalue weighted by atomic mass is 9.92. The molecule has 2 aromatic rings. The van der Waals surface area contributed by atoms with Crippen molar-refractivity contribution in [2.75, 3.05) is 0 Å². The maximum absolute atomic E-state index is 12.8. The lowest BCUT2D eigenvalue weighted by Gasteiger charge is -2.30. The van der Waals surface area contributed by atoms with Crippen LogP contribution in [-0.2, 0) is 4.79 Å². The normalized spacial score (nSPS) is 38.2. The van der Waals surface area contributed by atoms with E-state index in [1.54, 1.807) is 0 Å². The molecule has 0 saturated heterocycles. The minimum absolute atomic E-state index is 0.249. The highest BCUT2D eigenvalue weighted by Gasteiger charge is 2.67. The number of amides is 1. The number of fused-ring (bicyclic) bond motifs is 6. The summed E-state index contributed by atoms with van der Waals surface area (Å²) in [5.74, 6) is 4.85. The summed E-state index contributed by atoms with van der Waals surface area (Å²) >= 11 is 0. The molecule has 1 amide bonds. The average Bonchev–Trinajstić information content (AvgIpc) is 3.17. The van der Waals surface area contributed by atoms with Gasteiger partial charge in [-0.2, -0.15) is 0 Å². The van der Waals surface area contributed by atoms with E-state index in [0.29, 0.717) is 17.9 Å². The highest BCUT2D eigenvalue weighted by atomic mass is 16.5. The van der Waals surface area contributed by atoms with Gasteiger partial charge in [0.15, 0.2) is 0 Å². The molecule has 146 valence electrons. The third-order valence-corrected chi connectivity index (χ3v) is 7.94. The summed E-state index contributed by atoms with van der Waals surface area (Å²) in [5.41, 5.74) is 1.000. The van der Waals surface area contributed by atoms with Crippen LogP contribution in [0, 0.1) is 29.6 Å². The van der Waals surface area contributed by atoms with Crippen molar-refractivity contribution in [3.8, 4) is 5.75 Å². The van der Waals surface area contributed by atoms with Crippen LogP contribution in [0.15, 0.2) is 36.5 Å². The van der Waals surface area contributed by atoms with Gasteiger partial charge in [0.2, 0.25) is 5.91 Å². The number of rotatable bonds is 4. The fraction of sp³-hybridized carbons (Fsp3) is 0.583. The van der Waals surface area contributed by atoms with Crippen LogP contribution >= 0.6 is 0 Å². The molecule has 2 bridgehead atoms. The quantitative estimate of drug-likeness (QED) is 0.864. The number of nitrogens with one attached hydrogen (secondary N) is 1. The van der Waals surface area contributed by atoms with Crippen molar-refractivity contribution in [1.82, 2.24) is 10.3 Å². The van der Waals surface area contributed by atoms with E-state index in [2.05, 4.69) is 22.4 Å². The Kier molecular flexibility index (Phi) is 3.88. The predicted octanol–water partition coefficient (Wildman–Crippen LogP) is 4.33. The summed E-state index contributed by atoms with van der Waals surface area (Å²) in [7, 11) is 0. The van der Waals surface area contributed by atoms with Gasteiger partial charge in [0.05, 0.1) is 11.6 Å². The maximum atomic E-state index is 12.8. The SMILES string of the molecule is O=C(NC1CCC(Oc2ccc3ncccc3c2)CC1)C1[C@@H]2[C@H]3CC[C@H](C3)[C@H]12. The first-order valence-electron chi connectivity index (χ1n) is 11.1. The highest BCUT2D eigenvalue weighted by Crippen LogP contribution is 2.69. The molecule has 4 heteroatoms. The molecule has 28 heavy (non-hydrogen) atoms. The van der Waals surface area contributed by atoms with E-state index < -0.39 is 0 Å². The molecule has 5 atom stereocenters. The Morgan fingerprint density at radius 1 is 1.00 bits per heavy atom.